The first-order valence-corrected chi connectivity index (χ1v) is 7.84. The highest BCUT2D eigenvalue weighted by Gasteiger charge is 2.27. The number of rotatable bonds is 7. The Kier molecular flexibility index (Phi) is 7.17. The lowest BCUT2D eigenvalue weighted by molar-refractivity contribution is -0.126. The van der Waals surface area contributed by atoms with E-state index < -0.39 is 5.54 Å². The predicted molar refractivity (Wildman–Crippen MR) is 91.3 cm³/mol. The molecule has 124 valence electrons. The van der Waals surface area contributed by atoms with Crippen LogP contribution in [0, 0.1) is 0 Å². The quantitative estimate of drug-likeness (QED) is 0.809. The van der Waals surface area contributed by atoms with Crippen LogP contribution in [0.5, 0.6) is 5.75 Å². The van der Waals surface area contributed by atoms with Gasteiger partial charge >= 0.3 is 0 Å². The number of hydrogen-bond donors (Lipinski definition) is 2. The number of benzene rings is 1. The van der Waals surface area contributed by atoms with Gasteiger partial charge in [0.25, 0.3) is 0 Å². The van der Waals surface area contributed by atoms with Gasteiger partial charge in [0, 0.05) is 12.1 Å². The zero-order chi connectivity index (χ0) is 15.3. The Labute approximate surface area is 139 Å². The van der Waals surface area contributed by atoms with Gasteiger partial charge in [-0.3, -0.25) is 4.79 Å². The maximum Gasteiger partial charge on any atom is 0.240 e. The van der Waals surface area contributed by atoms with Gasteiger partial charge in [0.1, 0.15) is 5.75 Å². The maximum absolute atomic E-state index is 12.2. The molecule has 3 N–H and O–H groups in total. The Morgan fingerprint density at radius 2 is 2.09 bits per heavy atom. The minimum atomic E-state index is -0.807. The largest absolute Gasteiger partial charge is 0.490 e. The third-order valence-corrected chi connectivity index (χ3v) is 4.05. The lowest BCUT2D eigenvalue weighted by Gasteiger charge is -2.28. The number of ether oxygens (including phenoxy) is 1. The highest BCUT2D eigenvalue weighted by Crippen LogP contribution is 2.27. The number of nitrogens with one attached hydrogen (secondary N) is 1. The lowest BCUT2D eigenvalue weighted by atomic mass is 9.96. The number of nitrogens with two attached hydrogens (primary N) is 1. The van der Waals surface area contributed by atoms with E-state index in [2.05, 4.69) is 5.32 Å². The summed E-state index contributed by atoms with van der Waals surface area (Å²) in [6.07, 6.45) is 5.39. The molecule has 1 atom stereocenters. The first kappa shape index (κ1) is 18.8. The van der Waals surface area contributed by atoms with Crippen LogP contribution >= 0.6 is 12.4 Å². The van der Waals surface area contributed by atoms with E-state index in [0.29, 0.717) is 19.1 Å². The lowest BCUT2D eigenvalue weighted by Crippen LogP contribution is -2.51. The van der Waals surface area contributed by atoms with Crippen molar-refractivity contribution >= 4 is 18.3 Å². The molecule has 0 spiro atoms. The molecular formula is C17H27ClN2O2. The highest BCUT2D eigenvalue weighted by atomic mass is 35.5. The zero-order valence-corrected chi connectivity index (χ0v) is 14.2. The molecule has 1 saturated carbocycles. The van der Waals surface area contributed by atoms with Crippen LogP contribution in [0.25, 0.3) is 0 Å². The summed E-state index contributed by atoms with van der Waals surface area (Å²) in [6, 6.07) is 7.88. The normalized spacial score (nSPS) is 16.9. The van der Waals surface area contributed by atoms with E-state index in [9.17, 15) is 4.79 Å². The second-order valence-corrected chi connectivity index (χ2v) is 6.13. The van der Waals surface area contributed by atoms with E-state index in [-0.39, 0.29) is 18.3 Å². The molecular weight excluding hydrogens is 300 g/mol. The van der Waals surface area contributed by atoms with Crippen LogP contribution in [-0.2, 0) is 11.3 Å². The number of amides is 1. The van der Waals surface area contributed by atoms with Crippen LogP contribution in [0.2, 0.25) is 0 Å². The van der Waals surface area contributed by atoms with Gasteiger partial charge in [-0.1, -0.05) is 31.5 Å². The van der Waals surface area contributed by atoms with E-state index in [4.69, 9.17) is 10.5 Å². The standard InChI is InChI=1S/C17H26N2O2.ClH/c1-3-11-17(2,18)16(20)19-12-13-7-4-5-10-15(13)21-14-8-6-9-14;/h4-5,7,10,14H,3,6,8-9,11-12,18H2,1-2H3,(H,19,20);1H. The third-order valence-electron chi connectivity index (χ3n) is 4.05. The van der Waals surface area contributed by atoms with Gasteiger partial charge < -0.3 is 15.8 Å². The molecule has 5 heteroatoms. The van der Waals surface area contributed by atoms with Crippen molar-refractivity contribution in [2.75, 3.05) is 0 Å². The Morgan fingerprint density at radius 1 is 1.41 bits per heavy atom. The molecule has 1 aromatic rings. The minimum absolute atomic E-state index is 0. The Hall–Kier alpha value is -1.26. The Morgan fingerprint density at radius 3 is 2.68 bits per heavy atom. The fraction of sp³-hybridized carbons (Fsp3) is 0.588. The minimum Gasteiger partial charge on any atom is -0.490 e. The van der Waals surface area contributed by atoms with Gasteiger partial charge in [-0.25, -0.2) is 0 Å². The molecule has 1 fully saturated rings. The number of para-hydroxylation sites is 1. The second kappa shape index (κ2) is 8.39. The number of halogens is 1. The van der Waals surface area contributed by atoms with Crippen molar-refractivity contribution in [3.63, 3.8) is 0 Å². The molecule has 0 heterocycles. The summed E-state index contributed by atoms with van der Waals surface area (Å²) < 4.78 is 5.96. The summed E-state index contributed by atoms with van der Waals surface area (Å²) in [5, 5.41) is 2.93. The molecule has 0 bridgehead atoms. The number of hydrogen-bond acceptors (Lipinski definition) is 3. The van der Waals surface area contributed by atoms with E-state index >= 15 is 0 Å². The topological polar surface area (TPSA) is 64.4 Å². The monoisotopic (exact) mass is 326 g/mol. The molecule has 2 rings (SSSR count). The summed E-state index contributed by atoms with van der Waals surface area (Å²) >= 11 is 0. The second-order valence-electron chi connectivity index (χ2n) is 6.13. The number of carbonyl (C=O) groups excluding carboxylic acids is 1. The van der Waals surface area contributed by atoms with Crippen LogP contribution in [0.15, 0.2) is 24.3 Å². The van der Waals surface area contributed by atoms with Crippen LogP contribution in [0.3, 0.4) is 0 Å². The Bertz CT molecular complexity index is 487. The van der Waals surface area contributed by atoms with Gasteiger partial charge in [0.05, 0.1) is 11.6 Å². The molecule has 0 aliphatic heterocycles. The molecule has 1 aromatic carbocycles. The van der Waals surface area contributed by atoms with Crippen LogP contribution in [0.4, 0.5) is 0 Å². The van der Waals surface area contributed by atoms with Crippen LogP contribution < -0.4 is 15.8 Å². The zero-order valence-electron chi connectivity index (χ0n) is 13.4. The fourth-order valence-corrected chi connectivity index (χ4v) is 2.44. The predicted octanol–water partition coefficient (Wildman–Crippen LogP) is 3.17. The van der Waals surface area contributed by atoms with Crippen molar-refractivity contribution in [3.05, 3.63) is 29.8 Å². The third kappa shape index (κ3) is 4.89. The van der Waals surface area contributed by atoms with Gasteiger partial charge in [-0.2, -0.15) is 0 Å². The van der Waals surface area contributed by atoms with E-state index in [1.165, 1.54) is 6.42 Å². The summed E-state index contributed by atoms with van der Waals surface area (Å²) in [4.78, 5) is 12.2. The molecule has 0 aromatic heterocycles. The SMILES string of the molecule is CCCC(C)(N)C(=O)NCc1ccccc1OC1CCC1.Cl. The van der Waals surface area contributed by atoms with Crippen molar-refractivity contribution < 1.29 is 9.53 Å². The molecule has 22 heavy (non-hydrogen) atoms. The van der Waals surface area contributed by atoms with Crippen molar-refractivity contribution in [1.82, 2.24) is 5.32 Å². The van der Waals surface area contributed by atoms with Crippen LogP contribution in [0.1, 0.15) is 51.5 Å². The van der Waals surface area contributed by atoms with Gasteiger partial charge in [0.2, 0.25) is 5.91 Å². The van der Waals surface area contributed by atoms with Crippen molar-refractivity contribution in [2.24, 2.45) is 5.73 Å². The summed E-state index contributed by atoms with van der Waals surface area (Å²) in [5.74, 6) is 0.763. The summed E-state index contributed by atoms with van der Waals surface area (Å²) in [6.45, 7) is 4.26. The first-order valence-electron chi connectivity index (χ1n) is 7.84. The molecule has 0 saturated heterocycles. The van der Waals surface area contributed by atoms with Crippen molar-refractivity contribution in [1.29, 1.82) is 0 Å². The van der Waals surface area contributed by atoms with Gasteiger partial charge in [0.15, 0.2) is 0 Å². The highest BCUT2D eigenvalue weighted by molar-refractivity contribution is 5.85. The molecule has 1 amide bonds. The van der Waals surface area contributed by atoms with E-state index in [1.54, 1.807) is 6.92 Å². The van der Waals surface area contributed by atoms with Crippen LogP contribution in [-0.4, -0.2) is 17.6 Å². The van der Waals surface area contributed by atoms with Gasteiger partial charge in [-0.15, -0.1) is 12.4 Å². The molecule has 1 unspecified atom stereocenters. The summed E-state index contributed by atoms with van der Waals surface area (Å²) in [5.41, 5.74) is 6.24. The maximum atomic E-state index is 12.2. The smallest absolute Gasteiger partial charge is 0.240 e. The van der Waals surface area contributed by atoms with Crippen molar-refractivity contribution in [3.8, 4) is 5.75 Å². The molecule has 4 nitrogen and oxygen atoms in total. The first-order chi connectivity index (χ1) is 10.0. The molecule has 1 aliphatic carbocycles. The number of carbonyl (C=O) groups is 1. The summed E-state index contributed by atoms with van der Waals surface area (Å²) in [7, 11) is 0. The van der Waals surface area contributed by atoms with E-state index in [0.717, 1.165) is 30.6 Å². The van der Waals surface area contributed by atoms with E-state index in [1.807, 2.05) is 31.2 Å². The fourth-order valence-electron chi connectivity index (χ4n) is 2.44. The average molecular weight is 327 g/mol. The average Bonchev–Trinajstić information content (AvgIpc) is 2.41. The van der Waals surface area contributed by atoms with Crippen molar-refractivity contribution in [2.45, 2.75) is 64.1 Å². The Balaban J connectivity index is 0.00000242. The van der Waals surface area contributed by atoms with Gasteiger partial charge in [-0.05, 0) is 38.7 Å². The molecule has 0 radical (unpaired) electrons. The molecule has 1 aliphatic rings.